The maximum Gasteiger partial charge on any atom is 0.351 e. The summed E-state index contributed by atoms with van der Waals surface area (Å²) in [4.78, 5) is 10.2. The summed E-state index contributed by atoms with van der Waals surface area (Å²) < 4.78 is 0. The first-order chi connectivity index (χ1) is 4.36. The van der Waals surface area contributed by atoms with Gasteiger partial charge < -0.3 is 10.2 Å². The number of carboxylic acids is 1. The van der Waals surface area contributed by atoms with Gasteiger partial charge >= 0.3 is 5.97 Å². The lowest BCUT2D eigenvalue weighted by molar-refractivity contribution is -0.159. The molecule has 0 aromatic rings. The molecule has 0 saturated heterocycles. The van der Waals surface area contributed by atoms with Gasteiger partial charge in [0.1, 0.15) is 0 Å². The summed E-state index contributed by atoms with van der Waals surface area (Å²) in [5.74, 6) is -1.30. The van der Waals surface area contributed by atoms with Crippen molar-refractivity contribution >= 4 is 5.97 Å². The molecule has 4 nitrogen and oxygen atoms in total. The molecule has 4 N–H and O–H groups in total. The molecule has 60 valence electrons. The van der Waals surface area contributed by atoms with E-state index in [2.05, 4.69) is 0 Å². The van der Waals surface area contributed by atoms with Crippen LogP contribution in [0, 0.1) is 5.92 Å². The lowest BCUT2D eigenvalue weighted by Crippen LogP contribution is -2.48. The van der Waals surface area contributed by atoms with Crippen molar-refractivity contribution < 1.29 is 15.0 Å². The van der Waals surface area contributed by atoms with Gasteiger partial charge in [-0.05, 0) is 5.92 Å². The Hall–Kier alpha value is -0.610. The minimum Gasteiger partial charge on any atom is -0.478 e. The highest BCUT2D eigenvalue weighted by Crippen LogP contribution is 2.10. The van der Waals surface area contributed by atoms with E-state index >= 15 is 0 Å². The molecule has 0 unspecified atom stereocenters. The summed E-state index contributed by atoms with van der Waals surface area (Å²) in [7, 11) is 0. The maximum absolute atomic E-state index is 10.2. The number of carboxylic acid groups (broad SMARTS) is 1. The Morgan fingerprint density at radius 3 is 2.20 bits per heavy atom. The standard InChI is InChI=1S/C6H13NO3/c1-4(2)3-6(7,10)5(8)9/h4,10H,3,7H2,1-2H3,(H,8,9)/t6-/m0/s1. The minimum atomic E-state index is -2.06. The first kappa shape index (κ1) is 9.39. The van der Waals surface area contributed by atoms with Crippen molar-refractivity contribution in [2.45, 2.75) is 26.0 Å². The molecule has 0 saturated carbocycles. The fourth-order valence-corrected chi connectivity index (χ4v) is 0.710. The fraction of sp³-hybridized carbons (Fsp3) is 0.833. The highest BCUT2D eigenvalue weighted by atomic mass is 16.4. The SMILES string of the molecule is CC(C)C[C@](N)(O)C(=O)O. The van der Waals surface area contributed by atoms with Crippen LogP contribution in [0.25, 0.3) is 0 Å². The fourth-order valence-electron chi connectivity index (χ4n) is 0.710. The molecular weight excluding hydrogens is 134 g/mol. The van der Waals surface area contributed by atoms with Crippen molar-refractivity contribution in [3.63, 3.8) is 0 Å². The van der Waals surface area contributed by atoms with Gasteiger partial charge in [-0.3, -0.25) is 5.73 Å². The molecule has 0 spiro atoms. The predicted octanol–water partition coefficient (Wildman–Crippen LogP) is -0.236. The first-order valence-electron chi connectivity index (χ1n) is 3.11. The van der Waals surface area contributed by atoms with Crippen molar-refractivity contribution in [1.82, 2.24) is 0 Å². The van der Waals surface area contributed by atoms with E-state index in [-0.39, 0.29) is 12.3 Å². The molecular formula is C6H13NO3. The van der Waals surface area contributed by atoms with Crippen molar-refractivity contribution in [2.24, 2.45) is 11.7 Å². The third kappa shape index (κ3) is 2.80. The van der Waals surface area contributed by atoms with Gasteiger partial charge in [0.2, 0.25) is 5.72 Å². The van der Waals surface area contributed by atoms with E-state index in [1.807, 2.05) is 0 Å². The second-order valence-electron chi connectivity index (χ2n) is 2.83. The summed E-state index contributed by atoms with van der Waals surface area (Å²) >= 11 is 0. The maximum atomic E-state index is 10.2. The predicted molar refractivity (Wildman–Crippen MR) is 36.2 cm³/mol. The Kier molecular flexibility index (Phi) is 2.80. The van der Waals surface area contributed by atoms with E-state index in [9.17, 15) is 4.79 Å². The number of hydrogen-bond donors (Lipinski definition) is 3. The molecule has 0 aliphatic carbocycles. The quantitative estimate of drug-likeness (QED) is 0.481. The van der Waals surface area contributed by atoms with Gasteiger partial charge in [-0.15, -0.1) is 0 Å². The number of nitrogens with two attached hydrogens (primary N) is 1. The van der Waals surface area contributed by atoms with E-state index in [1.165, 1.54) is 0 Å². The average molecular weight is 147 g/mol. The zero-order chi connectivity index (χ0) is 8.36. The number of rotatable bonds is 3. The van der Waals surface area contributed by atoms with Crippen LogP contribution in [0.2, 0.25) is 0 Å². The second kappa shape index (κ2) is 2.98. The first-order valence-corrected chi connectivity index (χ1v) is 3.11. The van der Waals surface area contributed by atoms with E-state index < -0.39 is 11.7 Å². The number of hydrogen-bond acceptors (Lipinski definition) is 3. The van der Waals surface area contributed by atoms with Crippen LogP contribution in [0.15, 0.2) is 0 Å². The average Bonchev–Trinajstić information content (AvgIpc) is 1.60. The number of aliphatic carboxylic acids is 1. The zero-order valence-electron chi connectivity index (χ0n) is 6.16. The molecule has 0 radical (unpaired) electrons. The molecule has 0 heterocycles. The highest BCUT2D eigenvalue weighted by molar-refractivity contribution is 5.76. The highest BCUT2D eigenvalue weighted by Gasteiger charge is 2.31. The lowest BCUT2D eigenvalue weighted by atomic mass is 10.0. The van der Waals surface area contributed by atoms with Crippen molar-refractivity contribution in [3.05, 3.63) is 0 Å². The van der Waals surface area contributed by atoms with E-state index in [0.717, 1.165) is 0 Å². The third-order valence-electron chi connectivity index (χ3n) is 1.09. The van der Waals surface area contributed by atoms with Crippen LogP contribution in [-0.4, -0.2) is 21.9 Å². The van der Waals surface area contributed by atoms with Gasteiger partial charge in [0, 0.05) is 6.42 Å². The van der Waals surface area contributed by atoms with Crippen molar-refractivity contribution in [1.29, 1.82) is 0 Å². The number of carbonyl (C=O) groups is 1. The Morgan fingerprint density at radius 2 is 2.10 bits per heavy atom. The van der Waals surface area contributed by atoms with E-state index in [1.54, 1.807) is 13.8 Å². The topological polar surface area (TPSA) is 83.5 Å². The lowest BCUT2D eigenvalue weighted by Gasteiger charge is -2.19. The third-order valence-corrected chi connectivity index (χ3v) is 1.09. The van der Waals surface area contributed by atoms with Gasteiger partial charge in [0.15, 0.2) is 0 Å². The molecule has 0 fully saturated rings. The summed E-state index contributed by atoms with van der Waals surface area (Å²) in [5.41, 5.74) is 2.96. The summed E-state index contributed by atoms with van der Waals surface area (Å²) in [5, 5.41) is 17.3. The van der Waals surface area contributed by atoms with Gasteiger partial charge in [-0.1, -0.05) is 13.8 Å². The molecule has 0 aliphatic rings. The van der Waals surface area contributed by atoms with Crippen molar-refractivity contribution in [2.75, 3.05) is 0 Å². The molecule has 0 aliphatic heterocycles. The van der Waals surface area contributed by atoms with Gasteiger partial charge in [0.05, 0.1) is 0 Å². The van der Waals surface area contributed by atoms with E-state index in [4.69, 9.17) is 15.9 Å². The molecule has 0 amide bonds. The Morgan fingerprint density at radius 1 is 1.70 bits per heavy atom. The molecule has 0 aromatic heterocycles. The van der Waals surface area contributed by atoms with Crippen LogP contribution >= 0.6 is 0 Å². The Labute approximate surface area is 59.7 Å². The summed E-state index contributed by atoms with van der Waals surface area (Å²) in [6.45, 7) is 3.58. The smallest absolute Gasteiger partial charge is 0.351 e. The molecule has 4 heteroatoms. The van der Waals surface area contributed by atoms with Gasteiger partial charge in [-0.25, -0.2) is 4.79 Å². The van der Waals surface area contributed by atoms with Crippen LogP contribution in [0.5, 0.6) is 0 Å². The molecule has 1 atom stereocenters. The molecule has 0 aromatic carbocycles. The zero-order valence-corrected chi connectivity index (χ0v) is 6.16. The largest absolute Gasteiger partial charge is 0.478 e. The Balaban J connectivity index is 4.00. The molecule has 0 rings (SSSR count). The van der Waals surface area contributed by atoms with Crippen LogP contribution in [-0.2, 0) is 4.79 Å². The summed E-state index contributed by atoms with van der Waals surface area (Å²) in [6, 6.07) is 0. The van der Waals surface area contributed by atoms with Crippen LogP contribution < -0.4 is 5.73 Å². The van der Waals surface area contributed by atoms with Crippen molar-refractivity contribution in [3.8, 4) is 0 Å². The van der Waals surface area contributed by atoms with Crippen LogP contribution in [0.1, 0.15) is 20.3 Å². The van der Waals surface area contributed by atoms with Gasteiger partial charge in [-0.2, -0.15) is 0 Å². The number of aliphatic hydroxyl groups is 1. The Bertz CT molecular complexity index is 131. The van der Waals surface area contributed by atoms with Crippen LogP contribution in [0.3, 0.4) is 0 Å². The summed E-state index contributed by atoms with van der Waals surface area (Å²) in [6.07, 6.45) is 0.0718. The normalized spacial score (nSPS) is 16.9. The van der Waals surface area contributed by atoms with Gasteiger partial charge in [0.25, 0.3) is 0 Å². The molecule has 10 heavy (non-hydrogen) atoms. The molecule has 0 bridgehead atoms. The monoisotopic (exact) mass is 147 g/mol. The minimum absolute atomic E-state index is 0.0718. The van der Waals surface area contributed by atoms with Crippen LogP contribution in [0.4, 0.5) is 0 Å². The van der Waals surface area contributed by atoms with E-state index in [0.29, 0.717) is 0 Å². The second-order valence-corrected chi connectivity index (χ2v) is 2.83.